The highest BCUT2D eigenvalue weighted by Crippen LogP contribution is 2.12. The number of aromatic nitrogens is 4. The van der Waals surface area contributed by atoms with Crippen molar-refractivity contribution in [1.82, 2.24) is 20.0 Å². The Hall–Kier alpha value is -2.24. The second kappa shape index (κ2) is 6.27. The highest BCUT2D eigenvalue weighted by atomic mass is 16.4. The SMILES string of the molecule is CC(C)Cc1c(C(=O)O)nnn1CCc1ccccn1. The number of carbonyl (C=O) groups is 1. The zero-order valence-electron chi connectivity index (χ0n) is 11.7. The van der Waals surface area contributed by atoms with Crippen LogP contribution in [0.3, 0.4) is 0 Å². The third kappa shape index (κ3) is 3.40. The molecule has 2 rings (SSSR count). The zero-order valence-corrected chi connectivity index (χ0v) is 11.7. The quantitative estimate of drug-likeness (QED) is 0.868. The Bertz CT molecular complexity index is 578. The Morgan fingerprint density at radius 1 is 1.40 bits per heavy atom. The van der Waals surface area contributed by atoms with E-state index in [0.717, 1.165) is 5.69 Å². The highest BCUT2D eigenvalue weighted by Gasteiger charge is 2.19. The van der Waals surface area contributed by atoms with Gasteiger partial charge in [-0.05, 0) is 24.5 Å². The number of hydrogen-bond acceptors (Lipinski definition) is 4. The van der Waals surface area contributed by atoms with Crippen molar-refractivity contribution in [3.05, 3.63) is 41.5 Å². The molecule has 0 bridgehead atoms. The Kier molecular flexibility index (Phi) is 4.45. The number of aryl methyl sites for hydroxylation is 2. The summed E-state index contributed by atoms with van der Waals surface area (Å²) in [6, 6.07) is 5.74. The van der Waals surface area contributed by atoms with Crippen LogP contribution in [0.25, 0.3) is 0 Å². The van der Waals surface area contributed by atoms with Crippen LogP contribution in [0.4, 0.5) is 0 Å². The molecule has 0 radical (unpaired) electrons. The number of carboxylic acids is 1. The van der Waals surface area contributed by atoms with Gasteiger partial charge in [0.15, 0.2) is 5.69 Å². The van der Waals surface area contributed by atoms with Gasteiger partial charge in [0.1, 0.15) is 0 Å². The number of nitrogens with zero attached hydrogens (tertiary/aromatic N) is 4. The summed E-state index contributed by atoms with van der Waals surface area (Å²) < 4.78 is 1.68. The minimum atomic E-state index is -1.02. The lowest BCUT2D eigenvalue weighted by molar-refractivity contribution is 0.0689. The van der Waals surface area contributed by atoms with Gasteiger partial charge >= 0.3 is 5.97 Å². The van der Waals surface area contributed by atoms with Crippen LogP contribution in [0, 0.1) is 5.92 Å². The number of carboxylic acid groups (broad SMARTS) is 1. The molecule has 0 aliphatic heterocycles. The highest BCUT2D eigenvalue weighted by molar-refractivity contribution is 5.86. The van der Waals surface area contributed by atoms with Gasteiger partial charge in [0.2, 0.25) is 0 Å². The van der Waals surface area contributed by atoms with E-state index >= 15 is 0 Å². The van der Waals surface area contributed by atoms with Crippen molar-refractivity contribution in [1.29, 1.82) is 0 Å². The average molecular weight is 274 g/mol. The van der Waals surface area contributed by atoms with Crippen LogP contribution in [0.5, 0.6) is 0 Å². The van der Waals surface area contributed by atoms with Gasteiger partial charge in [0, 0.05) is 24.9 Å². The molecule has 2 heterocycles. The summed E-state index contributed by atoms with van der Waals surface area (Å²) in [5.41, 5.74) is 1.69. The normalized spacial score (nSPS) is 10.9. The fourth-order valence-electron chi connectivity index (χ4n) is 2.03. The first-order valence-corrected chi connectivity index (χ1v) is 6.63. The van der Waals surface area contributed by atoms with Crippen molar-refractivity contribution in [3.63, 3.8) is 0 Å². The van der Waals surface area contributed by atoms with Crippen molar-refractivity contribution < 1.29 is 9.90 Å². The molecular weight excluding hydrogens is 256 g/mol. The van der Waals surface area contributed by atoms with Crippen molar-refractivity contribution in [2.24, 2.45) is 5.92 Å². The number of aromatic carboxylic acids is 1. The topological polar surface area (TPSA) is 80.9 Å². The van der Waals surface area contributed by atoms with Crippen molar-refractivity contribution >= 4 is 5.97 Å². The van der Waals surface area contributed by atoms with Crippen molar-refractivity contribution in [2.45, 2.75) is 33.2 Å². The van der Waals surface area contributed by atoms with E-state index in [1.165, 1.54) is 0 Å². The molecule has 1 N–H and O–H groups in total. The van der Waals surface area contributed by atoms with Crippen LogP contribution in [-0.2, 0) is 19.4 Å². The molecule has 0 aliphatic carbocycles. The fraction of sp³-hybridized carbons (Fsp3) is 0.429. The van der Waals surface area contributed by atoms with Gasteiger partial charge in [-0.2, -0.15) is 0 Å². The molecular formula is C14H18N4O2. The van der Waals surface area contributed by atoms with Gasteiger partial charge < -0.3 is 5.11 Å². The lowest BCUT2D eigenvalue weighted by Gasteiger charge is -2.09. The molecule has 106 valence electrons. The number of rotatable bonds is 6. The van der Waals surface area contributed by atoms with Crippen LogP contribution in [0.1, 0.15) is 35.7 Å². The van der Waals surface area contributed by atoms with Crippen LogP contribution >= 0.6 is 0 Å². The molecule has 0 fully saturated rings. The largest absolute Gasteiger partial charge is 0.476 e. The maximum absolute atomic E-state index is 11.2. The van der Waals surface area contributed by atoms with Gasteiger partial charge in [-0.25, -0.2) is 9.48 Å². The second-order valence-electron chi connectivity index (χ2n) is 5.08. The predicted octanol–water partition coefficient (Wildman–Crippen LogP) is 1.81. The van der Waals surface area contributed by atoms with E-state index in [1.54, 1.807) is 10.9 Å². The maximum Gasteiger partial charge on any atom is 0.358 e. The molecule has 20 heavy (non-hydrogen) atoms. The van der Waals surface area contributed by atoms with Crippen molar-refractivity contribution in [3.8, 4) is 0 Å². The van der Waals surface area contributed by atoms with Gasteiger partial charge in [0.05, 0.1) is 5.69 Å². The molecule has 2 aromatic heterocycles. The van der Waals surface area contributed by atoms with Crippen molar-refractivity contribution in [2.75, 3.05) is 0 Å². The Morgan fingerprint density at radius 3 is 2.80 bits per heavy atom. The van der Waals surface area contributed by atoms with E-state index in [0.29, 0.717) is 31.0 Å². The van der Waals surface area contributed by atoms with Gasteiger partial charge in [-0.15, -0.1) is 5.10 Å². The van der Waals surface area contributed by atoms with E-state index < -0.39 is 5.97 Å². The second-order valence-corrected chi connectivity index (χ2v) is 5.08. The molecule has 0 unspecified atom stereocenters. The Morgan fingerprint density at radius 2 is 2.20 bits per heavy atom. The minimum absolute atomic E-state index is 0.0553. The summed E-state index contributed by atoms with van der Waals surface area (Å²) in [6.45, 7) is 4.67. The van der Waals surface area contributed by atoms with E-state index in [1.807, 2.05) is 32.0 Å². The summed E-state index contributed by atoms with van der Waals surface area (Å²) in [4.78, 5) is 15.4. The first-order valence-electron chi connectivity index (χ1n) is 6.63. The minimum Gasteiger partial charge on any atom is -0.476 e. The molecule has 0 saturated carbocycles. The standard InChI is InChI=1S/C14H18N4O2/c1-10(2)9-12-13(14(19)20)16-17-18(12)8-6-11-5-3-4-7-15-11/h3-5,7,10H,6,8-9H2,1-2H3,(H,19,20). The summed E-state index contributed by atoms with van der Waals surface area (Å²) in [5, 5.41) is 16.9. The molecule has 0 atom stereocenters. The van der Waals surface area contributed by atoms with E-state index in [4.69, 9.17) is 5.11 Å². The van der Waals surface area contributed by atoms with E-state index in [-0.39, 0.29) is 5.69 Å². The monoisotopic (exact) mass is 274 g/mol. The predicted molar refractivity (Wildman–Crippen MR) is 73.5 cm³/mol. The molecule has 0 saturated heterocycles. The third-order valence-corrected chi connectivity index (χ3v) is 2.95. The van der Waals surface area contributed by atoms with Crippen LogP contribution in [0.2, 0.25) is 0 Å². The maximum atomic E-state index is 11.2. The van der Waals surface area contributed by atoms with E-state index in [9.17, 15) is 4.79 Å². The number of hydrogen-bond donors (Lipinski definition) is 1. The zero-order chi connectivity index (χ0) is 14.5. The molecule has 6 nitrogen and oxygen atoms in total. The van der Waals surface area contributed by atoms with Gasteiger partial charge in [-0.1, -0.05) is 25.1 Å². The number of pyridine rings is 1. The molecule has 6 heteroatoms. The Balaban J connectivity index is 2.16. The average Bonchev–Trinajstić information content (AvgIpc) is 2.80. The van der Waals surface area contributed by atoms with Crippen LogP contribution in [0.15, 0.2) is 24.4 Å². The summed E-state index contributed by atoms with van der Waals surface area (Å²) in [5.74, 6) is -0.676. The lowest BCUT2D eigenvalue weighted by atomic mass is 10.1. The first kappa shape index (κ1) is 14.2. The fourth-order valence-corrected chi connectivity index (χ4v) is 2.03. The summed E-state index contributed by atoms with van der Waals surface area (Å²) in [7, 11) is 0. The first-order chi connectivity index (χ1) is 9.58. The molecule has 0 spiro atoms. The molecule has 0 aliphatic rings. The molecule has 0 amide bonds. The van der Waals surface area contributed by atoms with Gasteiger partial charge in [0.25, 0.3) is 0 Å². The molecule has 0 aromatic carbocycles. The Labute approximate surface area is 117 Å². The van der Waals surface area contributed by atoms with Crippen LogP contribution < -0.4 is 0 Å². The smallest absolute Gasteiger partial charge is 0.358 e. The van der Waals surface area contributed by atoms with E-state index in [2.05, 4.69) is 15.3 Å². The summed E-state index contributed by atoms with van der Waals surface area (Å²) >= 11 is 0. The van der Waals surface area contributed by atoms with Gasteiger partial charge in [-0.3, -0.25) is 4.98 Å². The lowest BCUT2D eigenvalue weighted by Crippen LogP contribution is -2.12. The molecule has 2 aromatic rings. The van der Waals surface area contributed by atoms with Crippen LogP contribution in [-0.4, -0.2) is 31.1 Å². The summed E-state index contributed by atoms with van der Waals surface area (Å²) in [6.07, 6.45) is 3.10. The third-order valence-electron chi connectivity index (χ3n) is 2.95.